The second-order valence-corrected chi connectivity index (χ2v) is 6.17. The summed E-state index contributed by atoms with van der Waals surface area (Å²) in [4.78, 5) is 26.7. The van der Waals surface area contributed by atoms with E-state index in [1.165, 1.54) is 0 Å². The zero-order chi connectivity index (χ0) is 15.7. The van der Waals surface area contributed by atoms with E-state index in [-0.39, 0.29) is 17.9 Å². The Morgan fingerprint density at radius 2 is 2.14 bits per heavy atom. The molecule has 0 radical (unpaired) electrons. The largest absolute Gasteiger partial charge is 0.365 e. The fourth-order valence-corrected chi connectivity index (χ4v) is 3.32. The van der Waals surface area contributed by atoms with Gasteiger partial charge in [0.05, 0.1) is 6.10 Å². The number of carbonyl (C=O) groups excluding carboxylic acids is 2. The Morgan fingerprint density at radius 3 is 2.82 bits per heavy atom. The highest BCUT2D eigenvalue weighted by atomic mass is 35.5. The molecule has 6 heteroatoms. The molecule has 0 aliphatic carbocycles. The third-order valence-electron chi connectivity index (χ3n) is 4.20. The van der Waals surface area contributed by atoms with E-state index in [1.807, 2.05) is 13.0 Å². The molecule has 2 amide bonds. The molecular weight excluding hydrogens is 304 g/mol. The minimum Gasteiger partial charge on any atom is -0.365 e. The molecular formula is C16H19ClN2O3. The van der Waals surface area contributed by atoms with Crippen molar-refractivity contribution in [1.29, 1.82) is 0 Å². The third-order valence-corrected chi connectivity index (χ3v) is 4.55. The van der Waals surface area contributed by atoms with E-state index in [9.17, 15) is 9.59 Å². The number of nitrogens with zero attached hydrogens (tertiary/aromatic N) is 1. The lowest BCUT2D eigenvalue weighted by Gasteiger charge is -2.36. The van der Waals surface area contributed by atoms with Gasteiger partial charge in [-0.3, -0.25) is 9.59 Å². The molecule has 2 aliphatic heterocycles. The first-order chi connectivity index (χ1) is 10.6. The van der Waals surface area contributed by atoms with Gasteiger partial charge < -0.3 is 15.0 Å². The van der Waals surface area contributed by atoms with E-state index >= 15 is 0 Å². The van der Waals surface area contributed by atoms with Crippen molar-refractivity contribution in [2.24, 2.45) is 0 Å². The highest BCUT2D eigenvalue weighted by Crippen LogP contribution is 2.31. The molecule has 1 N–H and O–H groups in total. The number of piperazine rings is 1. The lowest BCUT2D eigenvalue weighted by atomic mass is 10.0. The molecule has 118 valence electrons. The first kappa shape index (κ1) is 15.3. The van der Waals surface area contributed by atoms with Crippen LogP contribution in [0.3, 0.4) is 0 Å². The molecule has 2 aliphatic rings. The Hall–Kier alpha value is -1.59. The standard InChI is InChI=1S/C16H19ClN2O3/c1-10-6-7-13(22-10)16(21)19-9-8-18-15(20)14(19)11-4-2-3-5-12(11)17/h2-5,10,13-14H,6-9H2,1H3,(H,18,20)/t10-,13+,14+/m1/s1. The predicted molar refractivity (Wildman–Crippen MR) is 82.5 cm³/mol. The van der Waals surface area contributed by atoms with Crippen LogP contribution in [0.2, 0.25) is 5.02 Å². The second kappa shape index (κ2) is 6.26. The minimum absolute atomic E-state index is 0.0892. The molecule has 0 spiro atoms. The number of nitrogens with one attached hydrogen (secondary N) is 1. The average Bonchev–Trinajstić information content (AvgIpc) is 2.94. The number of ether oxygens (including phenoxy) is 1. The smallest absolute Gasteiger partial charge is 0.252 e. The van der Waals surface area contributed by atoms with E-state index in [0.717, 1.165) is 6.42 Å². The molecule has 0 saturated carbocycles. The predicted octanol–water partition coefficient (Wildman–Crippen LogP) is 1.91. The molecule has 5 nitrogen and oxygen atoms in total. The third kappa shape index (κ3) is 2.83. The summed E-state index contributed by atoms with van der Waals surface area (Å²) >= 11 is 6.23. The molecule has 2 fully saturated rings. The van der Waals surface area contributed by atoms with Crippen LogP contribution in [0.1, 0.15) is 31.4 Å². The molecule has 3 rings (SSSR count). The lowest BCUT2D eigenvalue weighted by Crippen LogP contribution is -2.54. The molecule has 2 saturated heterocycles. The van der Waals surface area contributed by atoms with Crippen LogP contribution in [0.5, 0.6) is 0 Å². The van der Waals surface area contributed by atoms with E-state index in [1.54, 1.807) is 23.1 Å². The van der Waals surface area contributed by atoms with E-state index < -0.39 is 12.1 Å². The van der Waals surface area contributed by atoms with Gasteiger partial charge in [-0.1, -0.05) is 29.8 Å². The van der Waals surface area contributed by atoms with Gasteiger partial charge in [-0.05, 0) is 25.8 Å². The van der Waals surface area contributed by atoms with Crippen molar-refractivity contribution in [2.45, 2.75) is 38.0 Å². The maximum Gasteiger partial charge on any atom is 0.252 e. The average molecular weight is 323 g/mol. The quantitative estimate of drug-likeness (QED) is 0.905. The lowest BCUT2D eigenvalue weighted by molar-refractivity contribution is -0.151. The number of amides is 2. The Labute approximate surface area is 134 Å². The van der Waals surface area contributed by atoms with Gasteiger partial charge in [0.25, 0.3) is 5.91 Å². The Balaban J connectivity index is 1.89. The summed E-state index contributed by atoms with van der Waals surface area (Å²) in [5, 5.41) is 3.30. The Morgan fingerprint density at radius 1 is 1.36 bits per heavy atom. The van der Waals surface area contributed by atoms with Crippen molar-refractivity contribution >= 4 is 23.4 Å². The van der Waals surface area contributed by atoms with Gasteiger partial charge in [-0.25, -0.2) is 0 Å². The van der Waals surface area contributed by atoms with Crippen LogP contribution in [0.4, 0.5) is 0 Å². The Bertz CT molecular complexity index is 593. The number of hydrogen-bond acceptors (Lipinski definition) is 3. The van der Waals surface area contributed by atoms with Crippen molar-refractivity contribution in [1.82, 2.24) is 10.2 Å². The first-order valence-electron chi connectivity index (χ1n) is 7.56. The fourth-order valence-electron chi connectivity index (χ4n) is 3.08. The summed E-state index contributed by atoms with van der Waals surface area (Å²) in [5.41, 5.74) is 0.653. The van der Waals surface area contributed by atoms with Crippen LogP contribution >= 0.6 is 11.6 Å². The highest BCUT2D eigenvalue weighted by Gasteiger charge is 2.40. The monoisotopic (exact) mass is 322 g/mol. The SMILES string of the molecule is C[C@@H]1CC[C@@H](C(=O)N2CCNC(=O)[C@@H]2c2ccccc2Cl)O1. The summed E-state index contributed by atoms with van der Waals surface area (Å²) < 4.78 is 5.67. The first-order valence-corrected chi connectivity index (χ1v) is 7.94. The van der Waals surface area contributed by atoms with Crippen molar-refractivity contribution in [3.8, 4) is 0 Å². The van der Waals surface area contributed by atoms with E-state index in [2.05, 4.69) is 5.32 Å². The second-order valence-electron chi connectivity index (χ2n) is 5.76. The fraction of sp³-hybridized carbons (Fsp3) is 0.500. The van der Waals surface area contributed by atoms with Gasteiger partial charge in [0.15, 0.2) is 0 Å². The molecule has 3 atom stereocenters. The number of rotatable bonds is 2. The maximum absolute atomic E-state index is 12.8. The van der Waals surface area contributed by atoms with Crippen LogP contribution in [-0.2, 0) is 14.3 Å². The van der Waals surface area contributed by atoms with Crippen LogP contribution < -0.4 is 5.32 Å². The number of halogens is 1. The van der Waals surface area contributed by atoms with Crippen LogP contribution in [-0.4, -0.2) is 42.0 Å². The maximum atomic E-state index is 12.8. The molecule has 0 unspecified atom stereocenters. The molecule has 22 heavy (non-hydrogen) atoms. The zero-order valence-electron chi connectivity index (χ0n) is 12.4. The summed E-state index contributed by atoms with van der Waals surface area (Å²) in [6.45, 7) is 2.88. The molecule has 1 aromatic rings. The van der Waals surface area contributed by atoms with Crippen molar-refractivity contribution in [3.05, 3.63) is 34.9 Å². The van der Waals surface area contributed by atoms with Gasteiger partial charge >= 0.3 is 0 Å². The normalized spacial score (nSPS) is 28.5. The topological polar surface area (TPSA) is 58.6 Å². The number of benzene rings is 1. The number of hydrogen-bond donors (Lipinski definition) is 1. The zero-order valence-corrected chi connectivity index (χ0v) is 13.2. The van der Waals surface area contributed by atoms with Crippen LogP contribution in [0.15, 0.2) is 24.3 Å². The van der Waals surface area contributed by atoms with Crippen LogP contribution in [0, 0.1) is 0 Å². The number of carbonyl (C=O) groups is 2. The van der Waals surface area contributed by atoms with Gasteiger partial charge in [-0.2, -0.15) is 0 Å². The Kier molecular flexibility index (Phi) is 4.36. The summed E-state index contributed by atoms with van der Waals surface area (Å²) in [6.07, 6.45) is 1.21. The van der Waals surface area contributed by atoms with Crippen molar-refractivity contribution in [3.63, 3.8) is 0 Å². The van der Waals surface area contributed by atoms with Crippen molar-refractivity contribution < 1.29 is 14.3 Å². The highest BCUT2D eigenvalue weighted by molar-refractivity contribution is 6.31. The van der Waals surface area contributed by atoms with Gasteiger partial charge in [0.2, 0.25) is 5.91 Å². The van der Waals surface area contributed by atoms with E-state index in [0.29, 0.717) is 30.1 Å². The van der Waals surface area contributed by atoms with E-state index in [4.69, 9.17) is 16.3 Å². The molecule has 0 aromatic heterocycles. The van der Waals surface area contributed by atoms with Crippen molar-refractivity contribution in [2.75, 3.05) is 13.1 Å². The van der Waals surface area contributed by atoms with Gasteiger partial charge in [-0.15, -0.1) is 0 Å². The van der Waals surface area contributed by atoms with Gasteiger partial charge in [0, 0.05) is 23.7 Å². The summed E-state index contributed by atoms with van der Waals surface area (Å²) in [5.74, 6) is -0.317. The minimum atomic E-state index is -0.686. The summed E-state index contributed by atoms with van der Waals surface area (Å²) in [7, 11) is 0. The molecule has 1 aromatic carbocycles. The van der Waals surface area contributed by atoms with Gasteiger partial charge in [0.1, 0.15) is 12.1 Å². The van der Waals surface area contributed by atoms with Crippen LogP contribution in [0.25, 0.3) is 0 Å². The molecule has 2 heterocycles. The molecule has 0 bridgehead atoms. The summed E-state index contributed by atoms with van der Waals surface area (Å²) in [6, 6.07) is 6.46.